The SMILES string of the molecule is CC(C)(C)c1ccccc1NC(=O)COC(=O)CN1C(=O)C2CCCCC2C1=O. The second-order valence-electron chi connectivity index (χ2n) is 8.76. The van der Waals surface area contributed by atoms with Gasteiger partial charge in [0.15, 0.2) is 6.61 Å². The number of imide groups is 1. The summed E-state index contributed by atoms with van der Waals surface area (Å²) in [5.41, 5.74) is 1.47. The van der Waals surface area contributed by atoms with E-state index >= 15 is 0 Å². The lowest BCUT2D eigenvalue weighted by molar-refractivity contribution is -0.154. The molecule has 1 N–H and O–H groups in total. The third kappa shape index (κ3) is 4.66. The van der Waals surface area contributed by atoms with Crippen LogP contribution in [0, 0.1) is 11.8 Å². The first-order chi connectivity index (χ1) is 13.7. The zero-order valence-electron chi connectivity index (χ0n) is 17.2. The number of hydrogen-bond donors (Lipinski definition) is 1. The number of rotatable bonds is 5. The topological polar surface area (TPSA) is 92.8 Å². The molecular formula is C22H28N2O5. The molecule has 1 saturated heterocycles. The number of amides is 3. The number of anilines is 1. The summed E-state index contributed by atoms with van der Waals surface area (Å²) < 4.78 is 5.02. The van der Waals surface area contributed by atoms with Gasteiger partial charge in [-0.05, 0) is 29.9 Å². The van der Waals surface area contributed by atoms with Gasteiger partial charge in [0.2, 0.25) is 11.8 Å². The Labute approximate surface area is 170 Å². The minimum atomic E-state index is -0.760. The van der Waals surface area contributed by atoms with Crippen LogP contribution in [0.1, 0.15) is 52.0 Å². The fraction of sp³-hybridized carbons (Fsp3) is 0.545. The first-order valence-electron chi connectivity index (χ1n) is 10.1. The van der Waals surface area contributed by atoms with E-state index in [9.17, 15) is 19.2 Å². The molecule has 156 valence electrons. The summed E-state index contributed by atoms with van der Waals surface area (Å²) in [4.78, 5) is 50.2. The number of carbonyl (C=O) groups is 4. The minimum absolute atomic E-state index is 0.159. The number of nitrogens with one attached hydrogen (secondary N) is 1. The van der Waals surface area contributed by atoms with Crippen LogP contribution in [0.5, 0.6) is 0 Å². The number of ether oxygens (including phenoxy) is 1. The molecular weight excluding hydrogens is 372 g/mol. The van der Waals surface area contributed by atoms with Crippen molar-refractivity contribution >= 4 is 29.4 Å². The fourth-order valence-electron chi connectivity index (χ4n) is 4.14. The lowest BCUT2D eigenvalue weighted by Crippen LogP contribution is -2.37. The van der Waals surface area contributed by atoms with E-state index in [1.807, 2.05) is 39.0 Å². The normalized spacial score (nSPS) is 21.7. The van der Waals surface area contributed by atoms with Gasteiger partial charge >= 0.3 is 5.97 Å². The molecule has 2 unspecified atom stereocenters. The van der Waals surface area contributed by atoms with Crippen LogP contribution in [0.4, 0.5) is 5.69 Å². The van der Waals surface area contributed by atoms with Gasteiger partial charge in [0.25, 0.3) is 5.91 Å². The number of fused-ring (bicyclic) bond motifs is 1. The quantitative estimate of drug-likeness (QED) is 0.606. The molecule has 1 aromatic carbocycles. The van der Waals surface area contributed by atoms with Crippen molar-refractivity contribution in [3.63, 3.8) is 0 Å². The Kier molecular flexibility index (Phi) is 6.05. The second-order valence-corrected chi connectivity index (χ2v) is 8.76. The predicted molar refractivity (Wildman–Crippen MR) is 107 cm³/mol. The van der Waals surface area contributed by atoms with Gasteiger partial charge in [0.05, 0.1) is 11.8 Å². The van der Waals surface area contributed by atoms with Crippen molar-refractivity contribution in [1.29, 1.82) is 0 Å². The molecule has 1 aromatic rings. The van der Waals surface area contributed by atoms with E-state index in [0.717, 1.165) is 23.3 Å². The molecule has 1 saturated carbocycles. The average Bonchev–Trinajstić information content (AvgIpc) is 2.91. The van der Waals surface area contributed by atoms with Gasteiger partial charge in [-0.3, -0.25) is 24.1 Å². The maximum atomic E-state index is 12.4. The van der Waals surface area contributed by atoms with Crippen molar-refractivity contribution in [2.45, 2.75) is 51.9 Å². The van der Waals surface area contributed by atoms with Crippen LogP contribution < -0.4 is 5.32 Å². The van der Waals surface area contributed by atoms with Crippen LogP contribution in [-0.2, 0) is 29.3 Å². The van der Waals surface area contributed by atoms with E-state index in [0.29, 0.717) is 18.5 Å². The Morgan fingerprint density at radius 3 is 2.24 bits per heavy atom. The molecule has 2 atom stereocenters. The smallest absolute Gasteiger partial charge is 0.326 e. The lowest BCUT2D eigenvalue weighted by atomic mass is 9.81. The number of para-hydroxylation sites is 1. The zero-order valence-corrected chi connectivity index (χ0v) is 17.2. The Hall–Kier alpha value is -2.70. The molecule has 0 radical (unpaired) electrons. The van der Waals surface area contributed by atoms with Crippen LogP contribution in [-0.4, -0.2) is 41.7 Å². The Balaban J connectivity index is 1.53. The van der Waals surface area contributed by atoms with E-state index in [4.69, 9.17) is 4.74 Å². The molecule has 3 rings (SSSR count). The van der Waals surface area contributed by atoms with E-state index in [1.54, 1.807) is 6.07 Å². The standard InChI is InChI=1S/C22H28N2O5/c1-22(2,3)16-10-6-7-11-17(16)23-18(25)13-29-19(26)12-24-20(27)14-8-4-5-9-15(14)21(24)28/h6-7,10-11,14-15H,4-5,8-9,12-13H2,1-3H3,(H,23,25). The molecule has 0 aromatic heterocycles. The first-order valence-corrected chi connectivity index (χ1v) is 10.1. The Morgan fingerprint density at radius 2 is 1.66 bits per heavy atom. The largest absolute Gasteiger partial charge is 0.454 e. The van der Waals surface area contributed by atoms with Crippen molar-refractivity contribution in [2.24, 2.45) is 11.8 Å². The predicted octanol–water partition coefficient (Wildman–Crippen LogP) is 2.64. The molecule has 2 aliphatic rings. The Bertz CT molecular complexity index is 803. The highest BCUT2D eigenvalue weighted by atomic mass is 16.5. The Morgan fingerprint density at radius 1 is 1.07 bits per heavy atom. The summed E-state index contributed by atoms with van der Waals surface area (Å²) >= 11 is 0. The number of hydrogen-bond acceptors (Lipinski definition) is 5. The number of carbonyl (C=O) groups excluding carboxylic acids is 4. The van der Waals surface area contributed by atoms with Gasteiger partial charge in [-0.1, -0.05) is 51.8 Å². The molecule has 7 heteroatoms. The molecule has 1 heterocycles. The van der Waals surface area contributed by atoms with Crippen LogP contribution in [0.25, 0.3) is 0 Å². The molecule has 1 aliphatic heterocycles. The van der Waals surface area contributed by atoms with Crippen LogP contribution in [0.3, 0.4) is 0 Å². The monoisotopic (exact) mass is 400 g/mol. The highest BCUT2D eigenvalue weighted by Crippen LogP contribution is 2.37. The number of benzene rings is 1. The van der Waals surface area contributed by atoms with Crippen molar-refractivity contribution in [2.75, 3.05) is 18.5 Å². The van der Waals surface area contributed by atoms with Crippen molar-refractivity contribution in [3.05, 3.63) is 29.8 Å². The number of likely N-dealkylation sites (tertiary alicyclic amines) is 1. The van der Waals surface area contributed by atoms with E-state index in [-0.39, 0.29) is 29.1 Å². The molecule has 0 bridgehead atoms. The summed E-state index contributed by atoms with van der Waals surface area (Å²) in [5.74, 6) is -2.42. The van der Waals surface area contributed by atoms with Gasteiger partial charge < -0.3 is 10.1 Å². The van der Waals surface area contributed by atoms with E-state index in [2.05, 4.69) is 5.32 Å². The van der Waals surface area contributed by atoms with E-state index in [1.165, 1.54) is 0 Å². The van der Waals surface area contributed by atoms with Crippen LogP contribution in [0.15, 0.2) is 24.3 Å². The average molecular weight is 400 g/mol. The maximum Gasteiger partial charge on any atom is 0.326 e. The van der Waals surface area contributed by atoms with Crippen molar-refractivity contribution in [1.82, 2.24) is 4.90 Å². The van der Waals surface area contributed by atoms with Gasteiger partial charge in [0.1, 0.15) is 6.54 Å². The highest BCUT2D eigenvalue weighted by molar-refractivity contribution is 6.07. The summed E-state index contributed by atoms with van der Waals surface area (Å²) in [6.07, 6.45) is 3.23. The van der Waals surface area contributed by atoms with Crippen LogP contribution in [0.2, 0.25) is 0 Å². The van der Waals surface area contributed by atoms with Gasteiger partial charge in [0, 0.05) is 5.69 Å². The molecule has 7 nitrogen and oxygen atoms in total. The highest BCUT2D eigenvalue weighted by Gasteiger charge is 2.48. The summed E-state index contributed by atoms with van der Waals surface area (Å²) in [5, 5.41) is 2.76. The summed E-state index contributed by atoms with van der Waals surface area (Å²) in [6.45, 7) is 5.22. The fourth-order valence-corrected chi connectivity index (χ4v) is 4.14. The molecule has 3 amide bonds. The second kappa shape index (κ2) is 8.35. The lowest BCUT2D eigenvalue weighted by Gasteiger charge is -2.23. The molecule has 0 spiro atoms. The van der Waals surface area contributed by atoms with Crippen molar-refractivity contribution in [3.8, 4) is 0 Å². The van der Waals surface area contributed by atoms with Gasteiger partial charge in [-0.25, -0.2) is 0 Å². The molecule has 2 fully saturated rings. The summed E-state index contributed by atoms with van der Waals surface area (Å²) in [6, 6.07) is 7.45. The number of esters is 1. The van der Waals surface area contributed by atoms with Gasteiger partial charge in [-0.15, -0.1) is 0 Å². The maximum absolute atomic E-state index is 12.4. The summed E-state index contributed by atoms with van der Waals surface area (Å²) in [7, 11) is 0. The molecule has 1 aliphatic carbocycles. The zero-order chi connectivity index (χ0) is 21.2. The van der Waals surface area contributed by atoms with E-state index < -0.39 is 25.0 Å². The third-order valence-corrected chi connectivity index (χ3v) is 5.59. The molecule has 29 heavy (non-hydrogen) atoms. The third-order valence-electron chi connectivity index (χ3n) is 5.59. The first kappa shape index (κ1) is 21.0. The van der Waals surface area contributed by atoms with Crippen molar-refractivity contribution < 1.29 is 23.9 Å². The number of nitrogens with zero attached hydrogens (tertiary/aromatic N) is 1. The minimum Gasteiger partial charge on any atom is -0.454 e. The van der Waals surface area contributed by atoms with Crippen LogP contribution >= 0.6 is 0 Å². The van der Waals surface area contributed by atoms with Gasteiger partial charge in [-0.2, -0.15) is 0 Å².